The van der Waals surface area contributed by atoms with Gasteiger partial charge in [0.05, 0.1) is 17.4 Å². The second-order valence-corrected chi connectivity index (χ2v) is 7.39. The molecule has 11 heteroatoms. The number of pyridine rings is 2. The van der Waals surface area contributed by atoms with Crippen LogP contribution in [0.1, 0.15) is 21.6 Å². The number of alkyl halides is 3. The first-order valence-corrected chi connectivity index (χ1v) is 9.87. The van der Waals surface area contributed by atoms with Gasteiger partial charge in [-0.1, -0.05) is 5.21 Å². The second-order valence-electron chi connectivity index (χ2n) is 7.39. The number of nitrogens with zero attached hydrogens (tertiary/aromatic N) is 6. The van der Waals surface area contributed by atoms with Crippen molar-refractivity contribution in [2.45, 2.75) is 12.7 Å². The van der Waals surface area contributed by atoms with Crippen molar-refractivity contribution in [1.82, 2.24) is 34.8 Å². The first-order chi connectivity index (χ1) is 15.8. The molecule has 0 aliphatic rings. The summed E-state index contributed by atoms with van der Waals surface area (Å²) in [7, 11) is 1.69. The summed E-state index contributed by atoms with van der Waals surface area (Å²) in [4.78, 5) is 20.2. The lowest BCUT2D eigenvalue weighted by Gasteiger charge is -2.10. The zero-order valence-electron chi connectivity index (χ0n) is 17.2. The van der Waals surface area contributed by atoms with Crippen molar-refractivity contribution in [3.05, 3.63) is 77.9 Å². The quantitative estimate of drug-likeness (QED) is 0.451. The molecule has 0 bridgehead atoms. The average Bonchev–Trinajstić information content (AvgIpc) is 3.35. The van der Waals surface area contributed by atoms with Gasteiger partial charge in [0.15, 0.2) is 5.65 Å². The van der Waals surface area contributed by atoms with Gasteiger partial charge in [-0.3, -0.25) is 14.3 Å². The number of hydrogen-bond donors (Lipinski definition) is 1. The lowest BCUT2D eigenvalue weighted by atomic mass is 10.1. The third-order valence-electron chi connectivity index (χ3n) is 5.26. The minimum atomic E-state index is -4.53. The fraction of sp³-hybridized carbons (Fsp3) is 0.136. The highest BCUT2D eigenvalue weighted by Crippen LogP contribution is 2.32. The van der Waals surface area contributed by atoms with E-state index in [0.29, 0.717) is 39.9 Å². The van der Waals surface area contributed by atoms with Gasteiger partial charge >= 0.3 is 6.18 Å². The van der Waals surface area contributed by atoms with Crippen molar-refractivity contribution in [1.29, 1.82) is 0 Å². The number of hydrogen-bond acceptors (Lipinski definition) is 5. The minimum absolute atomic E-state index is 0.269. The van der Waals surface area contributed by atoms with Crippen LogP contribution in [0.2, 0.25) is 0 Å². The number of amides is 1. The average molecular weight is 451 g/mol. The van der Waals surface area contributed by atoms with Crippen LogP contribution in [0.15, 0.2) is 61.1 Å². The minimum Gasteiger partial charge on any atom is -0.348 e. The van der Waals surface area contributed by atoms with E-state index in [1.807, 2.05) is 12.1 Å². The van der Waals surface area contributed by atoms with Crippen LogP contribution in [-0.2, 0) is 19.8 Å². The fourth-order valence-electron chi connectivity index (χ4n) is 3.69. The van der Waals surface area contributed by atoms with E-state index in [-0.39, 0.29) is 5.91 Å². The molecule has 1 aromatic carbocycles. The SMILES string of the molecule is Cn1nnc2c3cc(C(=O)NCc4ccncc4)ccc3n(-c3ccc(C(F)(F)F)nc3)c21. The Bertz CT molecular complexity index is 1470. The Morgan fingerprint density at radius 3 is 2.58 bits per heavy atom. The third kappa shape index (κ3) is 3.67. The largest absolute Gasteiger partial charge is 0.433 e. The van der Waals surface area contributed by atoms with Crippen molar-refractivity contribution >= 4 is 28.0 Å². The summed E-state index contributed by atoms with van der Waals surface area (Å²) in [5.41, 5.74) is 2.54. The molecule has 5 rings (SSSR count). The van der Waals surface area contributed by atoms with Crippen LogP contribution < -0.4 is 5.32 Å². The van der Waals surface area contributed by atoms with Gasteiger partial charge in [-0.15, -0.1) is 5.10 Å². The van der Waals surface area contributed by atoms with Gasteiger partial charge in [0.25, 0.3) is 5.91 Å². The van der Waals surface area contributed by atoms with E-state index >= 15 is 0 Å². The molecule has 4 aromatic heterocycles. The molecule has 0 unspecified atom stereocenters. The molecule has 0 aliphatic carbocycles. The maximum absolute atomic E-state index is 12.9. The Morgan fingerprint density at radius 2 is 1.88 bits per heavy atom. The number of nitrogens with one attached hydrogen (secondary N) is 1. The predicted molar refractivity (Wildman–Crippen MR) is 114 cm³/mol. The van der Waals surface area contributed by atoms with Gasteiger partial charge in [0.1, 0.15) is 11.2 Å². The molecule has 4 heterocycles. The molecule has 0 radical (unpaired) electrons. The molecular formula is C22H16F3N7O. The summed E-state index contributed by atoms with van der Waals surface area (Å²) in [6, 6.07) is 11.0. The molecule has 166 valence electrons. The van der Waals surface area contributed by atoms with Gasteiger partial charge in [-0.05, 0) is 48.0 Å². The van der Waals surface area contributed by atoms with Crippen LogP contribution in [0.4, 0.5) is 13.2 Å². The summed E-state index contributed by atoms with van der Waals surface area (Å²) >= 11 is 0. The summed E-state index contributed by atoms with van der Waals surface area (Å²) in [6.45, 7) is 0.345. The Balaban J connectivity index is 1.55. The molecule has 0 spiro atoms. The van der Waals surface area contributed by atoms with E-state index in [4.69, 9.17) is 0 Å². The summed E-state index contributed by atoms with van der Waals surface area (Å²) < 4.78 is 42.1. The van der Waals surface area contributed by atoms with Gasteiger partial charge in [-0.2, -0.15) is 13.2 Å². The summed E-state index contributed by atoms with van der Waals surface area (Å²) in [5, 5.41) is 11.7. The maximum Gasteiger partial charge on any atom is 0.433 e. The Labute approximate surface area is 184 Å². The molecule has 0 fully saturated rings. The monoisotopic (exact) mass is 451 g/mol. The molecule has 8 nitrogen and oxygen atoms in total. The molecule has 1 amide bonds. The lowest BCUT2D eigenvalue weighted by molar-refractivity contribution is -0.141. The van der Waals surface area contributed by atoms with Crippen LogP contribution in [0.25, 0.3) is 27.8 Å². The van der Waals surface area contributed by atoms with Crippen LogP contribution in [0.3, 0.4) is 0 Å². The number of carbonyl (C=O) groups is 1. The first-order valence-electron chi connectivity index (χ1n) is 9.87. The smallest absolute Gasteiger partial charge is 0.348 e. The van der Waals surface area contributed by atoms with Crippen molar-refractivity contribution in [2.75, 3.05) is 0 Å². The van der Waals surface area contributed by atoms with E-state index in [1.165, 1.54) is 10.7 Å². The van der Waals surface area contributed by atoms with Crippen LogP contribution in [0, 0.1) is 0 Å². The third-order valence-corrected chi connectivity index (χ3v) is 5.26. The van der Waals surface area contributed by atoms with E-state index in [0.717, 1.165) is 17.8 Å². The number of rotatable bonds is 4. The molecular weight excluding hydrogens is 435 g/mol. The Kier molecular flexibility index (Phi) is 4.81. The molecule has 1 N–H and O–H groups in total. The highest BCUT2D eigenvalue weighted by atomic mass is 19.4. The highest BCUT2D eigenvalue weighted by Gasteiger charge is 2.32. The van der Waals surface area contributed by atoms with Gasteiger partial charge in [0.2, 0.25) is 0 Å². The first kappa shape index (κ1) is 20.6. The zero-order chi connectivity index (χ0) is 23.2. The molecule has 33 heavy (non-hydrogen) atoms. The Hall–Kier alpha value is -4.28. The van der Waals surface area contributed by atoms with Crippen molar-refractivity contribution in [3.8, 4) is 5.69 Å². The summed E-state index contributed by atoms with van der Waals surface area (Å²) in [6.07, 6.45) is -0.0718. The number of aryl methyl sites for hydroxylation is 1. The molecule has 0 saturated heterocycles. The molecule has 5 aromatic rings. The predicted octanol–water partition coefficient (Wildman–Crippen LogP) is 3.65. The number of halogens is 3. The fourth-order valence-corrected chi connectivity index (χ4v) is 3.69. The number of aromatic nitrogens is 6. The zero-order valence-corrected chi connectivity index (χ0v) is 17.2. The molecule has 0 atom stereocenters. The molecule has 0 aliphatic heterocycles. The number of carbonyl (C=O) groups excluding carboxylic acids is 1. The van der Waals surface area contributed by atoms with Crippen LogP contribution in [0.5, 0.6) is 0 Å². The van der Waals surface area contributed by atoms with Gasteiger partial charge in [-0.25, -0.2) is 9.67 Å². The van der Waals surface area contributed by atoms with E-state index in [1.54, 1.807) is 42.2 Å². The van der Waals surface area contributed by atoms with Gasteiger partial charge < -0.3 is 5.32 Å². The van der Waals surface area contributed by atoms with E-state index in [2.05, 4.69) is 25.6 Å². The molecule has 0 saturated carbocycles. The highest BCUT2D eigenvalue weighted by molar-refractivity contribution is 6.09. The van der Waals surface area contributed by atoms with Crippen molar-refractivity contribution in [3.63, 3.8) is 0 Å². The van der Waals surface area contributed by atoms with Crippen molar-refractivity contribution in [2.24, 2.45) is 7.05 Å². The standard InChI is InChI=1S/C22H16F3N7O/c1-31-21-19(29-30-31)16-10-14(20(33)28-11-13-6-8-26-9-7-13)2-4-17(16)32(21)15-3-5-18(27-12-15)22(23,24)25/h2-10,12H,11H2,1H3,(H,28,33). The van der Waals surface area contributed by atoms with Crippen molar-refractivity contribution < 1.29 is 18.0 Å². The topological polar surface area (TPSA) is 90.5 Å². The van der Waals surface area contributed by atoms with E-state index in [9.17, 15) is 18.0 Å². The lowest BCUT2D eigenvalue weighted by Crippen LogP contribution is -2.22. The normalized spacial score (nSPS) is 11.9. The van der Waals surface area contributed by atoms with Gasteiger partial charge in [0, 0.05) is 36.9 Å². The van der Waals surface area contributed by atoms with Crippen LogP contribution in [-0.4, -0.2) is 35.4 Å². The Morgan fingerprint density at radius 1 is 1.09 bits per heavy atom. The number of fused-ring (bicyclic) bond motifs is 3. The second kappa shape index (κ2) is 7.69. The maximum atomic E-state index is 12.9. The summed E-state index contributed by atoms with van der Waals surface area (Å²) in [5.74, 6) is -0.269. The van der Waals surface area contributed by atoms with E-state index < -0.39 is 11.9 Å². The van der Waals surface area contributed by atoms with Crippen LogP contribution >= 0.6 is 0 Å². The number of benzene rings is 1.